The number of alkyl halides is 3. The van der Waals surface area contributed by atoms with E-state index in [0.29, 0.717) is 0 Å². The maximum absolute atomic E-state index is 12.1. The minimum absolute atomic E-state index is 0.225. The summed E-state index contributed by atoms with van der Waals surface area (Å²) in [4.78, 5) is 21.7. The van der Waals surface area contributed by atoms with Crippen LogP contribution in [0.5, 0.6) is 5.75 Å². The minimum Gasteiger partial charge on any atom is -0.406 e. The highest BCUT2D eigenvalue weighted by Crippen LogP contribution is 2.24. The van der Waals surface area contributed by atoms with Crippen molar-refractivity contribution in [1.82, 2.24) is 4.57 Å². The Labute approximate surface area is 132 Å². The number of ether oxygens (including phenoxy) is 1. The van der Waals surface area contributed by atoms with Gasteiger partial charge in [-0.05, 0) is 17.7 Å². The third kappa shape index (κ3) is 4.56. The van der Waals surface area contributed by atoms with E-state index in [4.69, 9.17) is 0 Å². The highest BCUT2D eigenvalue weighted by molar-refractivity contribution is 5.29. The Bertz CT molecular complexity index is 786. The van der Waals surface area contributed by atoms with Crippen LogP contribution in [0.1, 0.15) is 11.7 Å². The van der Waals surface area contributed by atoms with Crippen molar-refractivity contribution in [3.8, 4) is 5.75 Å². The lowest BCUT2D eigenvalue weighted by molar-refractivity contribution is -0.385. The van der Waals surface area contributed by atoms with Gasteiger partial charge in [-0.15, -0.1) is 13.2 Å². The van der Waals surface area contributed by atoms with Crippen LogP contribution in [0.15, 0.2) is 47.4 Å². The van der Waals surface area contributed by atoms with Crippen LogP contribution in [0.3, 0.4) is 0 Å². The third-order valence-corrected chi connectivity index (χ3v) is 3.05. The summed E-state index contributed by atoms with van der Waals surface area (Å²) in [7, 11) is 0. The molecule has 2 rings (SSSR count). The first-order valence-corrected chi connectivity index (χ1v) is 6.54. The van der Waals surface area contributed by atoms with Gasteiger partial charge in [-0.25, -0.2) is 0 Å². The Morgan fingerprint density at radius 1 is 1.21 bits per heavy atom. The van der Waals surface area contributed by atoms with Gasteiger partial charge in [-0.1, -0.05) is 12.1 Å². The van der Waals surface area contributed by atoms with Gasteiger partial charge >= 0.3 is 6.36 Å². The van der Waals surface area contributed by atoms with Crippen LogP contribution >= 0.6 is 0 Å². The smallest absolute Gasteiger partial charge is 0.406 e. The van der Waals surface area contributed by atoms with Gasteiger partial charge in [0.1, 0.15) is 5.75 Å². The highest BCUT2D eigenvalue weighted by atomic mass is 19.4. The lowest BCUT2D eigenvalue weighted by atomic mass is 10.1. The lowest BCUT2D eigenvalue weighted by Gasteiger charge is -2.14. The zero-order valence-electron chi connectivity index (χ0n) is 11.9. The van der Waals surface area contributed by atoms with Crippen molar-refractivity contribution in [3.05, 3.63) is 68.6 Å². The van der Waals surface area contributed by atoms with Gasteiger partial charge in [0.15, 0.2) is 0 Å². The third-order valence-electron chi connectivity index (χ3n) is 3.05. The SMILES string of the molecule is O=c1ccc([N+](=O)[O-])cn1CC(O)c1ccc(OC(F)(F)F)cc1. The topological polar surface area (TPSA) is 94.6 Å². The zero-order chi connectivity index (χ0) is 17.9. The van der Waals surface area contributed by atoms with Gasteiger partial charge < -0.3 is 14.4 Å². The number of pyridine rings is 1. The molecule has 0 spiro atoms. The number of aliphatic hydroxyl groups is 1. The van der Waals surface area contributed by atoms with Crippen molar-refractivity contribution in [2.45, 2.75) is 19.0 Å². The second kappa shape index (κ2) is 6.71. The molecule has 7 nitrogen and oxygen atoms in total. The molecule has 0 bridgehead atoms. The van der Waals surface area contributed by atoms with E-state index in [1.165, 1.54) is 12.1 Å². The average molecular weight is 344 g/mol. The molecule has 128 valence electrons. The van der Waals surface area contributed by atoms with Crippen LogP contribution in [0.2, 0.25) is 0 Å². The summed E-state index contributed by atoms with van der Waals surface area (Å²) in [5.41, 5.74) is -0.657. The molecule has 10 heteroatoms. The maximum atomic E-state index is 12.1. The van der Waals surface area contributed by atoms with Gasteiger partial charge in [-0.3, -0.25) is 14.9 Å². The van der Waals surface area contributed by atoms with E-state index in [2.05, 4.69) is 4.74 Å². The molecular formula is C14H11F3N2O5. The first kappa shape index (κ1) is 17.5. The molecule has 1 heterocycles. The number of aromatic nitrogens is 1. The van der Waals surface area contributed by atoms with Gasteiger partial charge in [0.05, 0.1) is 23.8 Å². The molecule has 24 heavy (non-hydrogen) atoms. The molecule has 0 saturated carbocycles. The van der Waals surface area contributed by atoms with Crippen molar-refractivity contribution >= 4 is 5.69 Å². The predicted molar refractivity (Wildman–Crippen MR) is 75.4 cm³/mol. The van der Waals surface area contributed by atoms with Crippen molar-refractivity contribution in [2.24, 2.45) is 0 Å². The van der Waals surface area contributed by atoms with Gasteiger partial charge in [-0.2, -0.15) is 0 Å². The molecule has 0 aliphatic heterocycles. The number of nitrogens with zero attached hydrogens (tertiary/aromatic N) is 2. The number of hydrogen-bond acceptors (Lipinski definition) is 5. The Balaban J connectivity index is 2.15. The Morgan fingerprint density at radius 3 is 2.38 bits per heavy atom. The largest absolute Gasteiger partial charge is 0.573 e. The zero-order valence-corrected chi connectivity index (χ0v) is 11.9. The standard InChI is InChI=1S/C14H11F3N2O5/c15-14(16,17)24-11-4-1-9(2-5-11)12(20)8-18-7-10(19(22)23)3-6-13(18)21/h1-7,12,20H,8H2. The highest BCUT2D eigenvalue weighted by Gasteiger charge is 2.31. The van der Waals surface area contributed by atoms with Crippen LogP contribution in [0.25, 0.3) is 0 Å². The summed E-state index contributed by atoms with van der Waals surface area (Å²) in [6.07, 6.45) is -5.09. The van der Waals surface area contributed by atoms with Gasteiger partial charge in [0.25, 0.3) is 11.2 Å². The van der Waals surface area contributed by atoms with E-state index >= 15 is 0 Å². The molecule has 1 unspecified atom stereocenters. The molecule has 2 aromatic rings. The van der Waals surface area contributed by atoms with E-state index in [1.807, 2.05) is 0 Å². The maximum Gasteiger partial charge on any atom is 0.573 e. The second-order valence-corrected chi connectivity index (χ2v) is 4.77. The van der Waals surface area contributed by atoms with Crippen LogP contribution in [0, 0.1) is 10.1 Å². The molecule has 1 aromatic carbocycles. The number of hydrogen-bond donors (Lipinski definition) is 1. The summed E-state index contributed by atoms with van der Waals surface area (Å²) in [5, 5.41) is 20.8. The van der Waals surface area contributed by atoms with Crippen molar-refractivity contribution < 1.29 is 27.9 Å². The first-order chi connectivity index (χ1) is 11.2. The molecule has 0 amide bonds. The van der Waals surface area contributed by atoms with Crippen molar-refractivity contribution in [3.63, 3.8) is 0 Å². The van der Waals surface area contributed by atoms with Gasteiger partial charge in [0, 0.05) is 12.1 Å². The van der Waals surface area contributed by atoms with Crippen LogP contribution in [0.4, 0.5) is 18.9 Å². The van der Waals surface area contributed by atoms with Crippen molar-refractivity contribution in [2.75, 3.05) is 0 Å². The molecule has 1 N–H and O–H groups in total. The summed E-state index contributed by atoms with van der Waals surface area (Å²) >= 11 is 0. The molecule has 0 fully saturated rings. The van der Waals surface area contributed by atoms with E-state index in [0.717, 1.165) is 35.0 Å². The molecule has 0 aliphatic carbocycles. The summed E-state index contributed by atoms with van der Waals surface area (Å²) in [6.45, 7) is -0.292. The molecule has 1 atom stereocenters. The fourth-order valence-corrected chi connectivity index (χ4v) is 1.95. The minimum atomic E-state index is -4.82. The average Bonchev–Trinajstić information content (AvgIpc) is 2.48. The monoisotopic (exact) mass is 344 g/mol. The summed E-state index contributed by atoms with van der Waals surface area (Å²) in [5.74, 6) is -0.453. The van der Waals surface area contributed by atoms with Crippen LogP contribution in [-0.4, -0.2) is 21.0 Å². The van der Waals surface area contributed by atoms with Crippen molar-refractivity contribution in [1.29, 1.82) is 0 Å². The Morgan fingerprint density at radius 2 is 1.83 bits per heavy atom. The Kier molecular flexibility index (Phi) is 4.88. The van der Waals surface area contributed by atoms with Crippen LogP contribution < -0.4 is 10.3 Å². The molecular weight excluding hydrogens is 333 g/mol. The number of benzene rings is 1. The van der Waals surface area contributed by atoms with E-state index in [-0.39, 0.29) is 17.8 Å². The molecule has 0 saturated heterocycles. The predicted octanol–water partition coefficient (Wildman–Crippen LogP) is 2.39. The first-order valence-electron chi connectivity index (χ1n) is 6.54. The molecule has 0 aliphatic rings. The molecule has 0 radical (unpaired) electrons. The van der Waals surface area contributed by atoms with E-state index in [1.54, 1.807) is 0 Å². The van der Waals surface area contributed by atoms with Gasteiger partial charge in [0.2, 0.25) is 0 Å². The number of aliphatic hydroxyl groups excluding tert-OH is 1. The number of rotatable bonds is 5. The quantitative estimate of drug-likeness (QED) is 0.664. The van der Waals surface area contributed by atoms with Crippen LogP contribution in [-0.2, 0) is 6.54 Å². The number of halogens is 3. The lowest BCUT2D eigenvalue weighted by Crippen LogP contribution is -2.22. The Hall–Kier alpha value is -2.88. The second-order valence-electron chi connectivity index (χ2n) is 4.77. The van der Waals surface area contributed by atoms with E-state index < -0.39 is 28.7 Å². The fourth-order valence-electron chi connectivity index (χ4n) is 1.95. The normalized spacial score (nSPS) is 12.7. The number of nitro groups is 1. The fraction of sp³-hybridized carbons (Fsp3) is 0.214. The van der Waals surface area contributed by atoms with E-state index in [9.17, 15) is 33.2 Å². The summed E-state index contributed by atoms with van der Waals surface area (Å²) in [6, 6.07) is 6.46. The summed E-state index contributed by atoms with van der Waals surface area (Å²) < 4.78 is 40.9. The molecule has 1 aromatic heterocycles.